The van der Waals surface area contributed by atoms with Crippen molar-refractivity contribution in [3.05, 3.63) is 59.9 Å². The molecule has 0 bridgehead atoms. The highest BCUT2D eigenvalue weighted by atomic mass is 16.5. The van der Waals surface area contributed by atoms with Crippen molar-refractivity contribution >= 4 is 11.7 Å². The van der Waals surface area contributed by atoms with Crippen LogP contribution in [0.2, 0.25) is 0 Å². The molecular formula is C16H16N2O3. The number of hydrogen-bond acceptors (Lipinski definition) is 4. The van der Waals surface area contributed by atoms with Gasteiger partial charge in [-0.1, -0.05) is 18.2 Å². The van der Waals surface area contributed by atoms with E-state index in [1.54, 1.807) is 30.5 Å². The summed E-state index contributed by atoms with van der Waals surface area (Å²) in [5.41, 5.74) is 1.34. The van der Waals surface area contributed by atoms with Crippen LogP contribution in [0.3, 0.4) is 0 Å². The lowest BCUT2D eigenvalue weighted by Gasteiger charge is -2.08. The molecule has 0 spiro atoms. The van der Waals surface area contributed by atoms with Crippen molar-refractivity contribution in [1.82, 2.24) is 10.3 Å². The molecule has 108 valence electrons. The fourth-order valence-corrected chi connectivity index (χ4v) is 1.70. The summed E-state index contributed by atoms with van der Waals surface area (Å²) in [6, 6.07) is 12.3. The highest BCUT2D eigenvalue weighted by Crippen LogP contribution is 2.13. The monoisotopic (exact) mass is 284 g/mol. The largest absolute Gasteiger partial charge is 0.484 e. The molecule has 1 amide bonds. The van der Waals surface area contributed by atoms with Crippen LogP contribution in [0, 0.1) is 0 Å². The van der Waals surface area contributed by atoms with Crippen LogP contribution in [0.4, 0.5) is 0 Å². The molecule has 0 atom stereocenters. The molecule has 1 N–H and O–H groups in total. The molecule has 0 aliphatic carbocycles. The smallest absolute Gasteiger partial charge is 0.258 e. The van der Waals surface area contributed by atoms with Crippen molar-refractivity contribution in [2.75, 3.05) is 6.61 Å². The van der Waals surface area contributed by atoms with E-state index in [0.717, 1.165) is 5.69 Å². The molecule has 0 unspecified atom stereocenters. The first-order chi connectivity index (χ1) is 10.1. The van der Waals surface area contributed by atoms with Gasteiger partial charge in [0.15, 0.2) is 12.4 Å². The Morgan fingerprint density at radius 2 is 2.05 bits per heavy atom. The zero-order valence-electron chi connectivity index (χ0n) is 11.7. The van der Waals surface area contributed by atoms with Gasteiger partial charge < -0.3 is 10.1 Å². The molecule has 21 heavy (non-hydrogen) atoms. The number of nitrogens with one attached hydrogen (secondary N) is 1. The van der Waals surface area contributed by atoms with Gasteiger partial charge in [0, 0.05) is 11.8 Å². The van der Waals surface area contributed by atoms with Crippen LogP contribution in [0.25, 0.3) is 0 Å². The lowest BCUT2D eigenvalue weighted by Crippen LogP contribution is -2.28. The van der Waals surface area contributed by atoms with Crippen LogP contribution in [-0.2, 0) is 11.3 Å². The quantitative estimate of drug-likeness (QED) is 0.824. The number of carbonyl (C=O) groups is 2. The minimum Gasteiger partial charge on any atom is -0.484 e. The van der Waals surface area contributed by atoms with Gasteiger partial charge >= 0.3 is 0 Å². The Hall–Kier alpha value is -2.69. The van der Waals surface area contributed by atoms with Crippen LogP contribution in [-0.4, -0.2) is 23.3 Å². The third-order valence-corrected chi connectivity index (χ3v) is 2.80. The van der Waals surface area contributed by atoms with Crippen LogP contribution < -0.4 is 10.1 Å². The number of carbonyl (C=O) groups excluding carboxylic acids is 2. The van der Waals surface area contributed by atoms with Gasteiger partial charge in [0.25, 0.3) is 5.91 Å². The van der Waals surface area contributed by atoms with E-state index in [2.05, 4.69) is 10.3 Å². The van der Waals surface area contributed by atoms with E-state index in [1.807, 2.05) is 18.2 Å². The summed E-state index contributed by atoms with van der Waals surface area (Å²) in [4.78, 5) is 27.0. The summed E-state index contributed by atoms with van der Waals surface area (Å²) in [5, 5.41) is 2.71. The molecule has 0 radical (unpaired) electrons. The van der Waals surface area contributed by atoms with Crippen LogP contribution in [0.1, 0.15) is 23.0 Å². The molecule has 0 fully saturated rings. The van der Waals surface area contributed by atoms with E-state index >= 15 is 0 Å². The van der Waals surface area contributed by atoms with E-state index < -0.39 is 0 Å². The maximum atomic E-state index is 11.7. The average molecular weight is 284 g/mol. The predicted octanol–water partition coefficient (Wildman–Crippen LogP) is 1.98. The molecular weight excluding hydrogens is 268 g/mol. The Kier molecular flexibility index (Phi) is 5.04. The Morgan fingerprint density at radius 1 is 1.19 bits per heavy atom. The number of ketones is 1. The Labute approximate surface area is 123 Å². The maximum Gasteiger partial charge on any atom is 0.258 e. The van der Waals surface area contributed by atoms with E-state index in [0.29, 0.717) is 17.9 Å². The summed E-state index contributed by atoms with van der Waals surface area (Å²) in [6.07, 6.45) is 1.67. The number of aromatic nitrogens is 1. The normalized spacial score (nSPS) is 9.95. The van der Waals surface area contributed by atoms with Gasteiger partial charge in [-0.15, -0.1) is 0 Å². The van der Waals surface area contributed by atoms with Crippen LogP contribution >= 0.6 is 0 Å². The number of amides is 1. The number of benzene rings is 1. The van der Waals surface area contributed by atoms with Gasteiger partial charge in [-0.05, 0) is 31.2 Å². The molecule has 2 aromatic rings. The first-order valence-electron chi connectivity index (χ1n) is 6.55. The molecule has 0 saturated carbocycles. The van der Waals surface area contributed by atoms with Crippen molar-refractivity contribution in [3.63, 3.8) is 0 Å². The van der Waals surface area contributed by atoms with Gasteiger partial charge in [-0.25, -0.2) is 0 Å². The van der Waals surface area contributed by atoms with Crippen molar-refractivity contribution in [1.29, 1.82) is 0 Å². The number of pyridine rings is 1. The van der Waals surface area contributed by atoms with Crippen molar-refractivity contribution < 1.29 is 14.3 Å². The number of nitrogens with zero attached hydrogens (tertiary/aromatic N) is 1. The molecule has 5 heteroatoms. The molecule has 1 aromatic carbocycles. The van der Waals surface area contributed by atoms with Crippen LogP contribution in [0.5, 0.6) is 5.75 Å². The SMILES string of the molecule is CC(=O)c1cccc(OCC(=O)NCc2ccccn2)c1. The summed E-state index contributed by atoms with van der Waals surface area (Å²) in [5.74, 6) is 0.213. The second kappa shape index (κ2) is 7.19. The average Bonchev–Trinajstić information content (AvgIpc) is 2.52. The maximum absolute atomic E-state index is 11.7. The van der Waals surface area contributed by atoms with Crippen molar-refractivity contribution in [2.24, 2.45) is 0 Å². The Bertz CT molecular complexity index is 626. The van der Waals surface area contributed by atoms with Crippen LogP contribution in [0.15, 0.2) is 48.7 Å². The van der Waals surface area contributed by atoms with E-state index in [-0.39, 0.29) is 18.3 Å². The van der Waals surface area contributed by atoms with E-state index in [1.165, 1.54) is 6.92 Å². The first-order valence-corrected chi connectivity index (χ1v) is 6.55. The molecule has 1 heterocycles. The van der Waals surface area contributed by atoms with E-state index in [4.69, 9.17) is 4.74 Å². The topological polar surface area (TPSA) is 68.3 Å². The number of ether oxygens (including phenoxy) is 1. The second-order valence-corrected chi connectivity index (χ2v) is 4.47. The minimum atomic E-state index is -0.242. The predicted molar refractivity (Wildman–Crippen MR) is 78.0 cm³/mol. The first kappa shape index (κ1) is 14.7. The Balaban J connectivity index is 1.81. The number of Topliss-reactive ketones (excluding diaryl/α,β-unsaturated/α-hetero) is 1. The summed E-state index contributed by atoms with van der Waals surface area (Å²) < 4.78 is 5.36. The van der Waals surface area contributed by atoms with Gasteiger partial charge in [0.05, 0.1) is 12.2 Å². The lowest BCUT2D eigenvalue weighted by atomic mass is 10.1. The molecule has 5 nitrogen and oxygen atoms in total. The number of rotatable bonds is 6. The molecule has 0 aliphatic heterocycles. The number of hydrogen-bond donors (Lipinski definition) is 1. The summed E-state index contributed by atoms with van der Waals surface area (Å²) in [6.45, 7) is 1.74. The fourth-order valence-electron chi connectivity index (χ4n) is 1.70. The second-order valence-electron chi connectivity index (χ2n) is 4.47. The summed E-state index contributed by atoms with van der Waals surface area (Å²) in [7, 11) is 0. The minimum absolute atomic E-state index is 0.0416. The fraction of sp³-hybridized carbons (Fsp3) is 0.188. The highest BCUT2D eigenvalue weighted by molar-refractivity contribution is 5.94. The molecule has 2 rings (SSSR count). The van der Waals surface area contributed by atoms with Gasteiger partial charge in [0.2, 0.25) is 0 Å². The molecule has 1 aromatic heterocycles. The zero-order valence-corrected chi connectivity index (χ0v) is 11.7. The molecule has 0 aliphatic rings. The Morgan fingerprint density at radius 3 is 2.76 bits per heavy atom. The molecule has 0 saturated heterocycles. The van der Waals surface area contributed by atoms with Crippen molar-refractivity contribution in [2.45, 2.75) is 13.5 Å². The summed E-state index contributed by atoms with van der Waals surface area (Å²) >= 11 is 0. The van der Waals surface area contributed by atoms with E-state index in [9.17, 15) is 9.59 Å². The third-order valence-electron chi connectivity index (χ3n) is 2.80. The van der Waals surface area contributed by atoms with Crippen molar-refractivity contribution in [3.8, 4) is 5.75 Å². The standard InChI is InChI=1S/C16H16N2O3/c1-12(19)13-5-4-7-15(9-13)21-11-16(20)18-10-14-6-2-3-8-17-14/h2-9H,10-11H2,1H3,(H,18,20). The third kappa shape index (κ3) is 4.72. The highest BCUT2D eigenvalue weighted by Gasteiger charge is 2.05. The van der Waals surface area contributed by atoms with Gasteiger partial charge in [-0.2, -0.15) is 0 Å². The van der Waals surface area contributed by atoms with Gasteiger partial charge in [0.1, 0.15) is 5.75 Å². The zero-order chi connectivity index (χ0) is 15.1. The van der Waals surface area contributed by atoms with Gasteiger partial charge in [-0.3, -0.25) is 14.6 Å². The lowest BCUT2D eigenvalue weighted by molar-refractivity contribution is -0.123.